The Balaban J connectivity index is 2.71. The summed E-state index contributed by atoms with van der Waals surface area (Å²) in [6, 6.07) is 7.41. The number of halogens is 1. The third-order valence-electron chi connectivity index (χ3n) is 2.11. The highest BCUT2D eigenvalue weighted by atomic mass is 35.5. The van der Waals surface area contributed by atoms with Gasteiger partial charge < -0.3 is 0 Å². The summed E-state index contributed by atoms with van der Waals surface area (Å²) in [7, 11) is 0. The molecule has 2 heteroatoms. The molecular formula is C12H15ClO. The fourth-order valence-electron chi connectivity index (χ4n) is 1.05. The van der Waals surface area contributed by atoms with Crippen molar-refractivity contribution in [1.82, 2.24) is 0 Å². The molecule has 0 amide bonds. The Hall–Kier alpha value is -0.820. The topological polar surface area (TPSA) is 17.1 Å². The van der Waals surface area contributed by atoms with E-state index in [1.807, 2.05) is 45.0 Å². The molecule has 0 saturated carbocycles. The monoisotopic (exact) mass is 210 g/mol. The number of ketones is 1. The number of Topliss-reactive ketones (excluding diaryl/α,β-unsaturated/α-hetero) is 1. The van der Waals surface area contributed by atoms with Gasteiger partial charge in [-0.1, -0.05) is 44.5 Å². The Kier molecular flexibility index (Phi) is 3.33. The van der Waals surface area contributed by atoms with Crippen LogP contribution in [0.15, 0.2) is 24.3 Å². The van der Waals surface area contributed by atoms with Gasteiger partial charge >= 0.3 is 0 Å². The Morgan fingerprint density at radius 3 is 2.14 bits per heavy atom. The molecule has 0 radical (unpaired) electrons. The molecule has 1 nitrogen and oxygen atoms in total. The summed E-state index contributed by atoms with van der Waals surface area (Å²) < 4.78 is 0. The number of rotatable bonds is 2. The number of hydrogen-bond acceptors (Lipinski definition) is 1. The lowest BCUT2D eigenvalue weighted by Gasteiger charge is -2.16. The van der Waals surface area contributed by atoms with Crippen molar-refractivity contribution in [3.05, 3.63) is 34.9 Å². The SMILES string of the molecule is CC(C)(C)C(=O)Cc1ccc(Cl)cc1. The predicted octanol–water partition coefficient (Wildman–Crippen LogP) is 3.50. The molecule has 76 valence electrons. The molecule has 0 N–H and O–H groups in total. The standard InChI is InChI=1S/C12H15ClO/c1-12(2,3)11(14)8-9-4-6-10(13)7-5-9/h4-7H,8H2,1-3H3. The first kappa shape index (κ1) is 11.3. The molecule has 1 aromatic carbocycles. The predicted molar refractivity (Wildman–Crippen MR) is 59.6 cm³/mol. The Morgan fingerprint density at radius 1 is 1.21 bits per heavy atom. The van der Waals surface area contributed by atoms with Gasteiger partial charge in [-0.2, -0.15) is 0 Å². The number of benzene rings is 1. The summed E-state index contributed by atoms with van der Waals surface area (Å²) >= 11 is 5.75. The van der Waals surface area contributed by atoms with Gasteiger partial charge in [-0.15, -0.1) is 0 Å². The molecule has 0 fully saturated rings. The quantitative estimate of drug-likeness (QED) is 0.730. The first-order chi connectivity index (χ1) is 6.39. The van der Waals surface area contributed by atoms with Gasteiger partial charge in [0.15, 0.2) is 0 Å². The summed E-state index contributed by atoms with van der Waals surface area (Å²) in [5, 5.41) is 0.706. The lowest BCUT2D eigenvalue weighted by atomic mass is 9.87. The van der Waals surface area contributed by atoms with E-state index in [0.717, 1.165) is 5.56 Å². The Labute approximate surface area is 90.1 Å². The van der Waals surface area contributed by atoms with Gasteiger partial charge in [0.1, 0.15) is 5.78 Å². The van der Waals surface area contributed by atoms with Crippen LogP contribution in [0.1, 0.15) is 26.3 Å². The van der Waals surface area contributed by atoms with Gasteiger partial charge in [-0.05, 0) is 17.7 Å². The summed E-state index contributed by atoms with van der Waals surface area (Å²) in [4.78, 5) is 11.7. The second-order valence-electron chi connectivity index (χ2n) is 4.48. The van der Waals surface area contributed by atoms with Crippen molar-refractivity contribution in [2.45, 2.75) is 27.2 Å². The van der Waals surface area contributed by atoms with E-state index in [1.54, 1.807) is 0 Å². The van der Waals surface area contributed by atoms with E-state index in [1.165, 1.54) is 0 Å². The minimum Gasteiger partial charge on any atom is -0.299 e. The van der Waals surface area contributed by atoms with Crippen LogP contribution in [0.25, 0.3) is 0 Å². The van der Waals surface area contributed by atoms with Gasteiger partial charge in [-0.3, -0.25) is 4.79 Å². The highest BCUT2D eigenvalue weighted by molar-refractivity contribution is 6.30. The van der Waals surface area contributed by atoms with E-state index < -0.39 is 0 Å². The first-order valence-corrected chi connectivity index (χ1v) is 5.05. The van der Waals surface area contributed by atoms with Crippen LogP contribution in [-0.4, -0.2) is 5.78 Å². The Morgan fingerprint density at radius 2 is 1.71 bits per heavy atom. The maximum atomic E-state index is 11.7. The number of carbonyl (C=O) groups excluding carboxylic acids is 1. The first-order valence-electron chi connectivity index (χ1n) is 4.67. The van der Waals surface area contributed by atoms with Crippen LogP contribution in [0, 0.1) is 5.41 Å². The van der Waals surface area contributed by atoms with Crippen LogP contribution in [0.5, 0.6) is 0 Å². The van der Waals surface area contributed by atoms with Crippen molar-refractivity contribution < 1.29 is 4.79 Å². The van der Waals surface area contributed by atoms with Gasteiger partial charge in [-0.25, -0.2) is 0 Å². The van der Waals surface area contributed by atoms with Crippen LogP contribution in [-0.2, 0) is 11.2 Å². The molecular weight excluding hydrogens is 196 g/mol. The summed E-state index contributed by atoms with van der Waals surface area (Å²) in [6.07, 6.45) is 0.487. The second kappa shape index (κ2) is 4.14. The molecule has 0 aliphatic heterocycles. The maximum absolute atomic E-state index is 11.7. The van der Waals surface area contributed by atoms with E-state index in [9.17, 15) is 4.79 Å². The fourth-order valence-corrected chi connectivity index (χ4v) is 1.18. The van der Waals surface area contributed by atoms with Crippen molar-refractivity contribution in [3.8, 4) is 0 Å². The molecule has 0 saturated heterocycles. The molecule has 0 unspecified atom stereocenters. The molecule has 1 aromatic rings. The van der Waals surface area contributed by atoms with E-state index in [2.05, 4.69) is 0 Å². The van der Waals surface area contributed by atoms with E-state index >= 15 is 0 Å². The zero-order valence-corrected chi connectivity index (χ0v) is 9.56. The van der Waals surface area contributed by atoms with E-state index in [4.69, 9.17) is 11.6 Å². The van der Waals surface area contributed by atoms with E-state index in [0.29, 0.717) is 11.4 Å². The zero-order valence-electron chi connectivity index (χ0n) is 8.80. The molecule has 0 atom stereocenters. The average molecular weight is 211 g/mol. The molecule has 14 heavy (non-hydrogen) atoms. The van der Waals surface area contributed by atoms with Gasteiger partial charge in [0.05, 0.1) is 0 Å². The van der Waals surface area contributed by atoms with Crippen LogP contribution in [0.4, 0.5) is 0 Å². The van der Waals surface area contributed by atoms with Crippen LogP contribution in [0.2, 0.25) is 5.02 Å². The normalized spacial score (nSPS) is 11.4. The third kappa shape index (κ3) is 3.15. The van der Waals surface area contributed by atoms with Gasteiger partial charge in [0, 0.05) is 16.9 Å². The second-order valence-corrected chi connectivity index (χ2v) is 4.91. The lowest BCUT2D eigenvalue weighted by Crippen LogP contribution is -2.21. The smallest absolute Gasteiger partial charge is 0.142 e. The van der Waals surface area contributed by atoms with Crippen LogP contribution in [0.3, 0.4) is 0 Å². The van der Waals surface area contributed by atoms with Gasteiger partial charge in [0.2, 0.25) is 0 Å². The summed E-state index contributed by atoms with van der Waals surface area (Å²) in [5.74, 6) is 0.250. The highest BCUT2D eigenvalue weighted by Gasteiger charge is 2.20. The minimum atomic E-state index is -0.264. The summed E-state index contributed by atoms with van der Waals surface area (Å²) in [5.41, 5.74) is 0.758. The molecule has 0 aromatic heterocycles. The number of hydrogen-bond donors (Lipinski definition) is 0. The molecule has 0 heterocycles. The van der Waals surface area contributed by atoms with Crippen molar-refractivity contribution in [2.75, 3.05) is 0 Å². The molecule has 0 aliphatic carbocycles. The van der Waals surface area contributed by atoms with Crippen molar-refractivity contribution in [1.29, 1.82) is 0 Å². The molecule has 0 aliphatic rings. The van der Waals surface area contributed by atoms with Crippen molar-refractivity contribution in [3.63, 3.8) is 0 Å². The maximum Gasteiger partial charge on any atom is 0.142 e. The molecule has 0 spiro atoms. The third-order valence-corrected chi connectivity index (χ3v) is 2.37. The zero-order chi connectivity index (χ0) is 10.8. The largest absolute Gasteiger partial charge is 0.299 e. The van der Waals surface area contributed by atoms with Crippen molar-refractivity contribution >= 4 is 17.4 Å². The number of carbonyl (C=O) groups is 1. The van der Waals surface area contributed by atoms with Crippen LogP contribution >= 0.6 is 11.6 Å². The average Bonchev–Trinajstić information content (AvgIpc) is 2.07. The Bertz CT molecular complexity index is 319. The molecule has 0 bridgehead atoms. The van der Waals surface area contributed by atoms with Gasteiger partial charge in [0.25, 0.3) is 0 Å². The van der Waals surface area contributed by atoms with E-state index in [-0.39, 0.29) is 11.2 Å². The fraction of sp³-hybridized carbons (Fsp3) is 0.417. The van der Waals surface area contributed by atoms with Crippen LogP contribution < -0.4 is 0 Å². The minimum absolute atomic E-state index is 0.250. The highest BCUT2D eigenvalue weighted by Crippen LogP contribution is 2.18. The van der Waals surface area contributed by atoms with Crippen molar-refractivity contribution in [2.24, 2.45) is 5.41 Å². The molecule has 1 rings (SSSR count). The lowest BCUT2D eigenvalue weighted by molar-refractivity contribution is -0.125. The summed E-state index contributed by atoms with van der Waals surface area (Å²) in [6.45, 7) is 5.81.